The first-order chi connectivity index (χ1) is 7.15. The van der Waals surface area contributed by atoms with Crippen LogP contribution < -0.4 is 0 Å². The van der Waals surface area contributed by atoms with Crippen molar-refractivity contribution in [2.75, 3.05) is 13.1 Å². The third kappa shape index (κ3) is 3.32. The van der Waals surface area contributed by atoms with Crippen LogP contribution in [0.15, 0.2) is 24.5 Å². The van der Waals surface area contributed by atoms with Crippen LogP contribution in [-0.4, -0.2) is 34.0 Å². The van der Waals surface area contributed by atoms with E-state index in [-0.39, 0.29) is 12.6 Å². The van der Waals surface area contributed by atoms with E-state index in [1.165, 1.54) is 0 Å². The molecule has 0 aromatic carbocycles. The van der Waals surface area contributed by atoms with Gasteiger partial charge in [-0.15, -0.1) is 0 Å². The summed E-state index contributed by atoms with van der Waals surface area (Å²) in [6, 6.07) is 3.91. The zero-order valence-electron chi connectivity index (χ0n) is 9.05. The highest BCUT2D eigenvalue weighted by molar-refractivity contribution is 5.69. The Labute approximate surface area is 89.6 Å². The normalized spacial score (nSPS) is 12.7. The fourth-order valence-electron chi connectivity index (χ4n) is 1.53. The molecule has 0 amide bonds. The predicted molar refractivity (Wildman–Crippen MR) is 57.5 cm³/mol. The lowest BCUT2D eigenvalue weighted by molar-refractivity contribution is -0.138. The maximum atomic E-state index is 10.6. The van der Waals surface area contributed by atoms with E-state index in [9.17, 15) is 4.79 Å². The fourth-order valence-corrected chi connectivity index (χ4v) is 1.53. The molecule has 15 heavy (non-hydrogen) atoms. The van der Waals surface area contributed by atoms with Gasteiger partial charge in [0.2, 0.25) is 0 Å². The number of carbonyl (C=O) groups is 1. The van der Waals surface area contributed by atoms with Gasteiger partial charge in [0.1, 0.15) is 0 Å². The van der Waals surface area contributed by atoms with Gasteiger partial charge in [0, 0.05) is 18.4 Å². The number of carboxylic acids is 1. The van der Waals surface area contributed by atoms with E-state index in [0.717, 1.165) is 5.56 Å². The van der Waals surface area contributed by atoms with Crippen LogP contribution in [-0.2, 0) is 4.79 Å². The quantitative estimate of drug-likeness (QED) is 0.797. The van der Waals surface area contributed by atoms with Gasteiger partial charge in [-0.1, -0.05) is 13.0 Å². The Bertz CT molecular complexity index is 314. The molecule has 1 rings (SSSR count). The highest BCUT2D eigenvalue weighted by Gasteiger charge is 2.16. The van der Waals surface area contributed by atoms with Crippen molar-refractivity contribution in [2.45, 2.75) is 19.9 Å². The van der Waals surface area contributed by atoms with Crippen LogP contribution in [0.3, 0.4) is 0 Å². The summed E-state index contributed by atoms with van der Waals surface area (Å²) in [5.74, 6) is -0.799. The topological polar surface area (TPSA) is 53.4 Å². The van der Waals surface area contributed by atoms with Gasteiger partial charge >= 0.3 is 5.97 Å². The Balaban J connectivity index is 2.73. The number of rotatable bonds is 5. The summed E-state index contributed by atoms with van der Waals surface area (Å²) in [6.45, 7) is 4.72. The SMILES string of the molecule is CCN(CC(=O)O)C(C)c1cccnc1. The number of pyridine rings is 1. The third-order valence-corrected chi connectivity index (χ3v) is 2.46. The van der Waals surface area contributed by atoms with Crippen molar-refractivity contribution >= 4 is 5.97 Å². The van der Waals surface area contributed by atoms with Crippen LogP contribution in [0.5, 0.6) is 0 Å². The molecule has 1 atom stereocenters. The summed E-state index contributed by atoms with van der Waals surface area (Å²) in [5, 5.41) is 8.75. The summed E-state index contributed by atoms with van der Waals surface area (Å²) in [7, 11) is 0. The summed E-state index contributed by atoms with van der Waals surface area (Å²) in [4.78, 5) is 16.6. The van der Waals surface area contributed by atoms with Crippen molar-refractivity contribution in [3.63, 3.8) is 0 Å². The molecule has 0 saturated heterocycles. The second-order valence-corrected chi connectivity index (χ2v) is 3.42. The van der Waals surface area contributed by atoms with Gasteiger partial charge in [0.05, 0.1) is 6.54 Å². The number of hydrogen-bond acceptors (Lipinski definition) is 3. The average molecular weight is 208 g/mol. The monoisotopic (exact) mass is 208 g/mol. The molecule has 82 valence electrons. The summed E-state index contributed by atoms with van der Waals surface area (Å²) in [5.41, 5.74) is 1.04. The van der Waals surface area contributed by atoms with E-state index in [4.69, 9.17) is 5.11 Å². The lowest BCUT2D eigenvalue weighted by atomic mass is 10.1. The van der Waals surface area contributed by atoms with Crippen molar-refractivity contribution in [1.82, 2.24) is 9.88 Å². The molecule has 1 unspecified atom stereocenters. The molecule has 4 nitrogen and oxygen atoms in total. The molecule has 1 aromatic heterocycles. The maximum Gasteiger partial charge on any atom is 0.317 e. The molecule has 4 heteroatoms. The molecule has 1 aromatic rings. The van der Waals surface area contributed by atoms with Crippen LogP contribution >= 0.6 is 0 Å². The molecular weight excluding hydrogens is 192 g/mol. The van der Waals surface area contributed by atoms with Gasteiger partial charge in [-0.25, -0.2) is 0 Å². The molecule has 0 spiro atoms. The van der Waals surface area contributed by atoms with Crippen LogP contribution in [0.2, 0.25) is 0 Å². The standard InChI is InChI=1S/C11H16N2O2/c1-3-13(8-11(14)15)9(2)10-5-4-6-12-7-10/h4-7,9H,3,8H2,1-2H3,(H,14,15). The van der Waals surface area contributed by atoms with E-state index in [2.05, 4.69) is 4.98 Å². The smallest absolute Gasteiger partial charge is 0.317 e. The first-order valence-corrected chi connectivity index (χ1v) is 5.01. The van der Waals surface area contributed by atoms with Gasteiger partial charge in [-0.2, -0.15) is 0 Å². The first-order valence-electron chi connectivity index (χ1n) is 5.01. The summed E-state index contributed by atoms with van der Waals surface area (Å²) < 4.78 is 0. The largest absolute Gasteiger partial charge is 0.480 e. The van der Waals surface area contributed by atoms with E-state index in [1.807, 2.05) is 30.9 Å². The molecule has 0 saturated carbocycles. The molecule has 0 bridgehead atoms. The lowest BCUT2D eigenvalue weighted by Gasteiger charge is -2.25. The fraction of sp³-hybridized carbons (Fsp3) is 0.455. The lowest BCUT2D eigenvalue weighted by Crippen LogP contribution is -2.32. The minimum atomic E-state index is -0.799. The molecule has 0 fully saturated rings. The average Bonchev–Trinajstić information content (AvgIpc) is 2.26. The van der Waals surface area contributed by atoms with Gasteiger partial charge in [-0.3, -0.25) is 14.7 Å². The minimum Gasteiger partial charge on any atom is -0.480 e. The minimum absolute atomic E-state index is 0.0621. The highest BCUT2D eigenvalue weighted by Crippen LogP contribution is 2.17. The maximum absolute atomic E-state index is 10.6. The number of carboxylic acid groups (broad SMARTS) is 1. The second kappa shape index (κ2) is 5.46. The zero-order chi connectivity index (χ0) is 11.3. The van der Waals surface area contributed by atoms with E-state index < -0.39 is 5.97 Å². The number of aliphatic carboxylic acids is 1. The van der Waals surface area contributed by atoms with E-state index in [0.29, 0.717) is 6.54 Å². The highest BCUT2D eigenvalue weighted by atomic mass is 16.4. The van der Waals surface area contributed by atoms with Crippen LogP contribution in [0, 0.1) is 0 Å². The number of likely N-dealkylation sites (N-methyl/N-ethyl adjacent to an activating group) is 1. The summed E-state index contributed by atoms with van der Waals surface area (Å²) in [6.07, 6.45) is 3.48. The second-order valence-electron chi connectivity index (χ2n) is 3.42. The van der Waals surface area contributed by atoms with E-state index >= 15 is 0 Å². The summed E-state index contributed by atoms with van der Waals surface area (Å²) >= 11 is 0. The molecule has 1 N–H and O–H groups in total. The Kier molecular flexibility index (Phi) is 4.24. The molecule has 0 radical (unpaired) electrons. The van der Waals surface area contributed by atoms with Crippen LogP contribution in [0.25, 0.3) is 0 Å². The number of aromatic nitrogens is 1. The van der Waals surface area contributed by atoms with Gasteiger partial charge in [0.25, 0.3) is 0 Å². The van der Waals surface area contributed by atoms with Gasteiger partial charge in [0.15, 0.2) is 0 Å². The Morgan fingerprint density at radius 1 is 1.67 bits per heavy atom. The first kappa shape index (κ1) is 11.7. The molecule has 1 heterocycles. The Hall–Kier alpha value is -1.42. The molecule has 0 aliphatic rings. The van der Waals surface area contributed by atoms with Crippen molar-refractivity contribution in [3.8, 4) is 0 Å². The van der Waals surface area contributed by atoms with Crippen molar-refractivity contribution in [2.24, 2.45) is 0 Å². The van der Waals surface area contributed by atoms with Crippen molar-refractivity contribution < 1.29 is 9.90 Å². The number of nitrogens with zero attached hydrogens (tertiary/aromatic N) is 2. The molecule has 0 aliphatic heterocycles. The van der Waals surface area contributed by atoms with E-state index in [1.54, 1.807) is 12.4 Å². The van der Waals surface area contributed by atoms with Crippen LogP contribution in [0.1, 0.15) is 25.5 Å². The number of hydrogen-bond donors (Lipinski definition) is 1. The van der Waals surface area contributed by atoms with Gasteiger partial charge < -0.3 is 5.11 Å². The Morgan fingerprint density at radius 3 is 2.87 bits per heavy atom. The van der Waals surface area contributed by atoms with Crippen molar-refractivity contribution in [1.29, 1.82) is 0 Å². The van der Waals surface area contributed by atoms with Gasteiger partial charge in [-0.05, 0) is 25.1 Å². The molecular formula is C11H16N2O2. The Morgan fingerprint density at radius 2 is 2.40 bits per heavy atom. The molecule has 0 aliphatic carbocycles. The third-order valence-electron chi connectivity index (χ3n) is 2.46. The van der Waals surface area contributed by atoms with Crippen LogP contribution in [0.4, 0.5) is 0 Å². The zero-order valence-corrected chi connectivity index (χ0v) is 9.05. The van der Waals surface area contributed by atoms with Crippen molar-refractivity contribution in [3.05, 3.63) is 30.1 Å². The predicted octanol–water partition coefficient (Wildman–Crippen LogP) is 1.55.